The van der Waals surface area contributed by atoms with Crippen LogP contribution < -0.4 is 11.5 Å². The summed E-state index contributed by atoms with van der Waals surface area (Å²) in [7, 11) is 2.07. The fourth-order valence-corrected chi connectivity index (χ4v) is 6.19. The lowest BCUT2D eigenvalue weighted by Gasteiger charge is -2.33. The van der Waals surface area contributed by atoms with E-state index in [0.29, 0.717) is 17.8 Å². The molecule has 3 heterocycles. The van der Waals surface area contributed by atoms with Crippen LogP contribution in [0.25, 0.3) is 38.9 Å². The maximum absolute atomic E-state index is 9.19. The lowest BCUT2D eigenvalue weighted by atomic mass is 9.97. The molecule has 1 atom stereocenters. The average molecular weight is 626 g/mol. The molecule has 0 saturated carbocycles. The molecule has 0 spiro atoms. The summed E-state index contributed by atoms with van der Waals surface area (Å²) >= 11 is 0. The van der Waals surface area contributed by atoms with Gasteiger partial charge in [-0.15, -0.1) is 0 Å². The Balaban J connectivity index is 1.36. The Hall–Kier alpha value is -6.57. The molecule has 1 aliphatic heterocycles. The summed E-state index contributed by atoms with van der Waals surface area (Å²) < 4.78 is 2.33. The van der Waals surface area contributed by atoms with Crippen molar-refractivity contribution in [1.82, 2.24) is 14.5 Å². The third kappa shape index (κ3) is 6.39. The molecule has 7 nitrogen and oxygen atoms in total. The molecule has 1 unspecified atom stereocenters. The Labute approximate surface area is 280 Å². The van der Waals surface area contributed by atoms with Crippen LogP contribution in [0.1, 0.15) is 28.8 Å². The number of rotatable bonds is 9. The molecular weight excluding hydrogens is 591 g/mol. The van der Waals surface area contributed by atoms with Crippen LogP contribution in [0.2, 0.25) is 0 Å². The minimum absolute atomic E-state index is 0.0469. The van der Waals surface area contributed by atoms with Crippen molar-refractivity contribution in [2.75, 3.05) is 7.05 Å². The van der Waals surface area contributed by atoms with Gasteiger partial charge in [0, 0.05) is 46.7 Å². The predicted molar refractivity (Wildman–Crippen MR) is 195 cm³/mol. The van der Waals surface area contributed by atoms with E-state index in [0.717, 1.165) is 45.5 Å². The minimum Gasteiger partial charge on any atom is -0.405 e. The molecule has 0 saturated heterocycles. The normalized spacial score (nSPS) is 15.4. The van der Waals surface area contributed by atoms with E-state index in [1.807, 2.05) is 30.4 Å². The fourth-order valence-electron chi connectivity index (χ4n) is 6.19. The Bertz CT molecular complexity index is 2250. The molecule has 234 valence electrons. The summed E-state index contributed by atoms with van der Waals surface area (Å²) in [5, 5.41) is 20.7. The van der Waals surface area contributed by atoms with Gasteiger partial charge in [-0.1, -0.05) is 72.8 Å². The first-order chi connectivity index (χ1) is 23.5. The number of fused-ring (bicyclic) bond motifs is 3. The number of nitrogens with zero attached hydrogens (tertiary/aromatic N) is 5. The lowest BCUT2D eigenvalue weighted by molar-refractivity contribution is 0.446. The highest BCUT2D eigenvalue weighted by Gasteiger charge is 2.22. The second-order valence-corrected chi connectivity index (χ2v) is 11.5. The van der Waals surface area contributed by atoms with Crippen molar-refractivity contribution in [2.24, 2.45) is 11.5 Å². The number of likely N-dealkylation sites (N-methyl/N-ethyl adjacent to an activating group) is 1. The third-order valence-corrected chi connectivity index (χ3v) is 8.52. The van der Waals surface area contributed by atoms with Crippen LogP contribution >= 0.6 is 0 Å². The van der Waals surface area contributed by atoms with Gasteiger partial charge in [0.1, 0.15) is 11.8 Å². The molecule has 7 heteroatoms. The molecule has 0 amide bonds. The van der Waals surface area contributed by atoms with E-state index in [1.165, 1.54) is 22.5 Å². The van der Waals surface area contributed by atoms with Crippen LogP contribution in [0.15, 0.2) is 145 Å². The van der Waals surface area contributed by atoms with Gasteiger partial charge >= 0.3 is 0 Å². The van der Waals surface area contributed by atoms with E-state index >= 15 is 0 Å². The molecule has 4 N–H and O–H groups in total. The van der Waals surface area contributed by atoms with E-state index in [2.05, 4.69) is 119 Å². The van der Waals surface area contributed by atoms with E-state index in [9.17, 15) is 5.26 Å². The van der Waals surface area contributed by atoms with Crippen molar-refractivity contribution in [1.29, 1.82) is 10.5 Å². The summed E-state index contributed by atoms with van der Waals surface area (Å²) in [4.78, 5) is 6.24. The van der Waals surface area contributed by atoms with Crippen LogP contribution in [0, 0.1) is 22.7 Å². The summed E-state index contributed by atoms with van der Waals surface area (Å²) in [5.41, 5.74) is 21.4. The number of para-hydroxylation sites is 1. The molecule has 0 radical (unpaired) electrons. The maximum Gasteiger partial charge on any atom is 0.141 e. The number of hydrogen-bond acceptors (Lipinski definition) is 6. The van der Waals surface area contributed by atoms with Gasteiger partial charge in [0.2, 0.25) is 0 Å². The van der Waals surface area contributed by atoms with Gasteiger partial charge in [-0.05, 0) is 83.9 Å². The summed E-state index contributed by atoms with van der Waals surface area (Å²) in [5.74, 6) is 0. The Morgan fingerprint density at radius 3 is 2.54 bits per heavy atom. The number of hydrogen-bond donors (Lipinski definition) is 2. The summed E-state index contributed by atoms with van der Waals surface area (Å²) in [6, 6.07) is 31.4. The molecule has 0 bridgehead atoms. The van der Waals surface area contributed by atoms with Gasteiger partial charge in [0.15, 0.2) is 0 Å². The monoisotopic (exact) mass is 625 g/mol. The van der Waals surface area contributed by atoms with E-state index in [-0.39, 0.29) is 6.04 Å². The van der Waals surface area contributed by atoms with Crippen molar-refractivity contribution >= 4 is 33.2 Å². The molecule has 5 aromatic rings. The SMILES string of the molecule is CN1C(c2ccc3c4ccc(C/C=C\C=C(/N)c5ccnc(C#N)c5)cc4n(-c4ccccc4)c3c2)=CC=CC1C(/C=C\N)=C/CC#N. The zero-order chi connectivity index (χ0) is 33.5. The van der Waals surface area contributed by atoms with Gasteiger partial charge < -0.3 is 20.9 Å². The quantitative estimate of drug-likeness (QED) is 0.162. The largest absolute Gasteiger partial charge is 0.405 e. The average Bonchev–Trinajstić information content (AvgIpc) is 3.45. The van der Waals surface area contributed by atoms with Crippen LogP contribution in [0.3, 0.4) is 0 Å². The van der Waals surface area contributed by atoms with Crippen LogP contribution in [0.4, 0.5) is 0 Å². The number of benzene rings is 3. The highest BCUT2D eigenvalue weighted by Crippen LogP contribution is 2.36. The predicted octanol–water partition coefficient (Wildman–Crippen LogP) is 7.67. The molecule has 3 aromatic carbocycles. The van der Waals surface area contributed by atoms with E-state index in [4.69, 9.17) is 16.7 Å². The van der Waals surface area contributed by atoms with Gasteiger partial charge in [0.25, 0.3) is 0 Å². The van der Waals surface area contributed by atoms with Gasteiger partial charge in [-0.2, -0.15) is 10.5 Å². The smallest absolute Gasteiger partial charge is 0.141 e. The second-order valence-electron chi connectivity index (χ2n) is 11.5. The van der Waals surface area contributed by atoms with Gasteiger partial charge in [-0.25, -0.2) is 4.98 Å². The molecule has 1 aliphatic rings. The van der Waals surface area contributed by atoms with Crippen LogP contribution in [-0.4, -0.2) is 27.5 Å². The highest BCUT2D eigenvalue weighted by molar-refractivity contribution is 6.10. The first kappa shape index (κ1) is 31.4. The molecule has 48 heavy (non-hydrogen) atoms. The standard InChI is InChI=1S/C41H35N7/c1-47-38(30(20-23-43)10-8-22-42)14-7-15-39(47)32-17-19-36-35-18-16-29(9-5-6-13-37(45)31-21-24-46-33(26-31)28-44)25-40(35)48(41(36)27-32)34-11-3-2-4-12-34/h2-7,10-21,23-27,38H,8-9,43,45H2,1H3/b6-5-,23-20-,30-10+,37-13-. The van der Waals surface area contributed by atoms with Gasteiger partial charge in [0.05, 0.1) is 29.6 Å². The number of nitriles is 2. The number of aromatic nitrogens is 2. The molecular formula is C41H35N7. The minimum atomic E-state index is -0.0469. The molecule has 2 aromatic heterocycles. The Kier molecular flexibility index (Phi) is 9.32. The van der Waals surface area contributed by atoms with Crippen molar-refractivity contribution in [3.05, 3.63) is 168 Å². The lowest BCUT2D eigenvalue weighted by Crippen LogP contribution is -2.31. The molecule has 0 fully saturated rings. The Morgan fingerprint density at radius 2 is 1.77 bits per heavy atom. The summed E-state index contributed by atoms with van der Waals surface area (Å²) in [6.07, 6.45) is 20.2. The van der Waals surface area contributed by atoms with E-state index < -0.39 is 0 Å². The van der Waals surface area contributed by atoms with E-state index in [1.54, 1.807) is 18.3 Å². The number of allylic oxidation sites excluding steroid dienone is 6. The van der Waals surface area contributed by atoms with Gasteiger partial charge in [-0.3, -0.25) is 0 Å². The number of pyridine rings is 1. The number of nitrogens with two attached hydrogens (primary N) is 2. The first-order valence-corrected chi connectivity index (χ1v) is 15.7. The van der Waals surface area contributed by atoms with Crippen molar-refractivity contribution in [2.45, 2.75) is 18.9 Å². The van der Waals surface area contributed by atoms with Crippen molar-refractivity contribution in [3.8, 4) is 17.8 Å². The Morgan fingerprint density at radius 1 is 0.979 bits per heavy atom. The van der Waals surface area contributed by atoms with Crippen LogP contribution in [0.5, 0.6) is 0 Å². The third-order valence-electron chi connectivity index (χ3n) is 8.52. The zero-order valence-electron chi connectivity index (χ0n) is 26.7. The van der Waals surface area contributed by atoms with Crippen molar-refractivity contribution < 1.29 is 0 Å². The summed E-state index contributed by atoms with van der Waals surface area (Å²) in [6.45, 7) is 0. The van der Waals surface area contributed by atoms with Crippen molar-refractivity contribution in [3.63, 3.8) is 0 Å². The zero-order valence-corrected chi connectivity index (χ0v) is 26.7. The topological polar surface area (TPSA) is 121 Å². The second kappa shape index (κ2) is 14.2. The first-order valence-electron chi connectivity index (χ1n) is 15.7. The molecule has 6 rings (SSSR count). The fraction of sp³-hybridized carbons (Fsp3) is 0.0976. The maximum atomic E-state index is 9.19. The molecule has 0 aliphatic carbocycles. The van der Waals surface area contributed by atoms with Crippen LogP contribution in [-0.2, 0) is 6.42 Å². The highest BCUT2D eigenvalue weighted by atomic mass is 15.1.